The van der Waals surface area contributed by atoms with E-state index in [0.717, 1.165) is 31.4 Å². The van der Waals surface area contributed by atoms with Gasteiger partial charge in [-0.2, -0.15) is 15.5 Å². The molecule has 0 saturated heterocycles. The molecule has 0 amide bonds. The molecule has 198 valence electrons. The van der Waals surface area contributed by atoms with Gasteiger partial charge >= 0.3 is 5.97 Å². The van der Waals surface area contributed by atoms with Crippen molar-refractivity contribution in [3.8, 4) is 0 Å². The van der Waals surface area contributed by atoms with Crippen molar-refractivity contribution in [2.75, 3.05) is 20.2 Å². The van der Waals surface area contributed by atoms with Gasteiger partial charge in [-0.3, -0.25) is 9.35 Å². The van der Waals surface area contributed by atoms with Gasteiger partial charge < -0.3 is 9.64 Å². The molecule has 2 unspecified atom stereocenters. The fourth-order valence-electron chi connectivity index (χ4n) is 3.53. The summed E-state index contributed by atoms with van der Waals surface area (Å²) in [5, 5.41) is 0. The zero-order chi connectivity index (χ0) is 25.8. The van der Waals surface area contributed by atoms with Gasteiger partial charge in [0.2, 0.25) is 0 Å². The van der Waals surface area contributed by atoms with Crippen LogP contribution in [0.3, 0.4) is 0 Å². The highest BCUT2D eigenvalue weighted by atomic mass is 32.2. The Morgan fingerprint density at radius 2 is 1.56 bits per heavy atom. The fourth-order valence-corrected chi connectivity index (χ4v) is 4.01. The van der Waals surface area contributed by atoms with E-state index in [9.17, 15) is 13.2 Å². The molecule has 7 heteroatoms. The number of carbonyl (C=O) groups excluding carboxylic acids is 1. The number of hydrogen-bond donors (Lipinski definition) is 2. The van der Waals surface area contributed by atoms with Crippen molar-refractivity contribution in [2.45, 2.75) is 103 Å². The second-order valence-corrected chi connectivity index (χ2v) is 10.8. The van der Waals surface area contributed by atoms with Crippen molar-refractivity contribution < 1.29 is 27.4 Å². The molecule has 1 aromatic carbocycles. The second-order valence-electron chi connectivity index (χ2n) is 9.35. The van der Waals surface area contributed by atoms with Crippen molar-refractivity contribution in [3.63, 3.8) is 0 Å². The summed E-state index contributed by atoms with van der Waals surface area (Å²) in [5.74, 6) is 0.564. The van der Waals surface area contributed by atoms with E-state index >= 15 is 0 Å². The van der Waals surface area contributed by atoms with Crippen LogP contribution in [-0.2, 0) is 19.6 Å². The first-order valence-corrected chi connectivity index (χ1v) is 14.4. The first-order valence-electron chi connectivity index (χ1n) is 12.9. The normalized spacial score (nSPS) is 13.0. The summed E-state index contributed by atoms with van der Waals surface area (Å²) in [6.45, 7) is 8.02. The maximum Gasteiger partial charge on any atom is 0.305 e. The third-order valence-electron chi connectivity index (χ3n) is 5.72. The quantitative estimate of drug-likeness (QED) is 0.129. The maximum atomic E-state index is 11.9. The highest BCUT2D eigenvalue weighted by molar-refractivity contribution is 7.85. The average Bonchev–Trinajstić information content (AvgIpc) is 2.77. The smallest absolute Gasteiger partial charge is 0.305 e. The Bertz CT molecular complexity index is 732. The number of aryl methyl sites for hydroxylation is 1. The number of quaternary nitrogens is 1. The molecule has 2 N–H and O–H groups in total. The third-order valence-corrected chi connectivity index (χ3v) is 6.58. The van der Waals surface area contributed by atoms with E-state index in [1.165, 1.54) is 68.4 Å². The van der Waals surface area contributed by atoms with Gasteiger partial charge in [0.05, 0.1) is 18.0 Å². The Morgan fingerprint density at radius 3 is 2.12 bits per heavy atom. The monoisotopic (exact) mass is 499 g/mol. The highest BCUT2D eigenvalue weighted by Crippen LogP contribution is 2.18. The number of rotatable bonds is 17. The topological polar surface area (TPSA) is 85.1 Å². The summed E-state index contributed by atoms with van der Waals surface area (Å²) in [5.41, 5.74) is 0.956. The zero-order valence-corrected chi connectivity index (χ0v) is 22.8. The van der Waals surface area contributed by atoms with Crippen molar-refractivity contribution in [1.29, 1.82) is 0 Å². The van der Waals surface area contributed by atoms with Gasteiger partial charge in [0.1, 0.15) is 0 Å². The first kappa shape index (κ1) is 32.6. The van der Waals surface area contributed by atoms with E-state index in [0.29, 0.717) is 18.9 Å². The molecule has 0 radical (unpaired) electrons. The minimum Gasteiger partial charge on any atom is -0.470 e. The van der Waals surface area contributed by atoms with Gasteiger partial charge in [0, 0.05) is 13.5 Å². The lowest BCUT2D eigenvalue weighted by molar-refractivity contribution is -0.831. The van der Waals surface area contributed by atoms with Crippen molar-refractivity contribution in [1.82, 2.24) is 0 Å². The van der Waals surface area contributed by atoms with Crippen LogP contribution in [0.5, 0.6) is 0 Å². The van der Waals surface area contributed by atoms with Crippen molar-refractivity contribution in [2.24, 2.45) is 5.92 Å². The molecule has 0 spiro atoms. The standard InChI is InChI=1S/C20H41NO2.C7H8O3S/c1-5-7-9-11-15-19(14-8-6-2)18-23-20(22)16-12-10-13-17-21(3)4;1-6-2-4-7(5-3-6)11(8,9)10/h19,21H,3,5-18H2,1-2,4H3;2-5H,1H3,(H,8,9,10). The summed E-state index contributed by atoms with van der Waals surface area (Å²) in [6.07, 6.45) is 13.8. The lowest BCUT2D eigenvalue weighted by atomic mass is 9.96. The Kier molecular flexibility index (Phi) is 19.0. The van der Waals surface area contributed by atoms with E-state index in [-0.39, 0.29) is 10.9 Å². The summed E-state index contributed by atoms with van der Waals surface area (Å²) < 4.78 is 35.1. The molecule has 0 heterocycles. The van der Waals surface area contributed by atoms with Gasteiger partial charge in [-0.25, -0.2) is 0 Å². The van der Waals surface area contributed by atoms with Gasteiger partial charge in [-0.05, 0) is 57.1 Å². The van der Waals surface area contributed by atoms with E-state index in [2.05, 4.69) is 27.9 Å². The van der Waals surface area contributed by atoms with Gasteiger partial charge in [0.15, 0.2) is 0 Å². The molecular weight excluding hydrogens is 450 g/mol. The van der Waals surface area contributed by atoms with E-state index in [1.807, 2.05) is 6.92 Å². The van der Waals surface area contributed by atoms with Crippen LogP contribution in [-0.4, -0.2) is 39.1 Å². The highest BCUT2D eigenvalue weighted by Gasteiger charge is 2.12. The Labute approximate surface area is 209 Å². The van der Waals surface area contributed by atoms with Gasteiger partial charge in [0.25, 0.3) is 10.1 Å². The van der Waals surface area contributed by atoms with Crippen LogP contribution in [0.2, 0.25) is 0 Å². The Morgan fingerprint density at radius 1 is 0.971 bits per heavy atom. The largest absolute Gasteiger partial charge is 0.470 e. The molecule has 0 aliphatic rings. The molecule has 34 heavy (non-hydrogen) atoms. The van der Waals surface area contributed by atoms with E-state index in [1.54, 1.807) is 12.1 Å². The summed E-state index contributed by atoms with van der Waals surface area (Å²) in [7, 11) is 1.95. The molecule has 2 atom stereocenters. The number of ether oxygens (including phenoxy) is 1. The summed E-state index contributed by atoms with van der Waals surface area (Å²) >= 11 is 0. The van der Waals surface area contributed by atoms with Crippen LogP contribution >= 0.6 is 0 Å². The maximum absolute atomic E-state index is 11.9. The molecule has 0 aromatic heterocycles. The number of benzene rings is 1. The molecule has 6 nitrogen and oxygen atoms in total. The van der Waals surface area contributed by atoms with Crippen LogP contribution in [0, 0.1) is 19.9 Å². The molecule has 0 bridgehead atoms. The molecule has 0 aliphatic carbocycles. The zero-order valence-electron chi connectivity index (χ0n) is 22.0. The Balaban J connectivity index is 0.000000818. The minimum atomic E-state index is -4.02. The molecular formula is C27H49NO5S. The number of hydrogen-bond acceptors (Lipinski definition) is 4. The van der Waals surface area contributed by atoms with Crippen LogP contribution in [0.4, 0.5) is 0 Å². The van der Waals surface area contributed by atoms with Crippen LogP contribution in [0.15, 0.2) is 29.2 Å². The molecule has 1 aromatic rings. The average molecular weight is 500 g/mol. The Hall–Kier alpha value is -1.44. The van der Waals surface area contributed by atoms with Crippen LogP contribution < -0.4 is 4.90 Å². The molecule has 0 saturated carbocycles. The number of nitrogens with one attached hydrogen (secondary N) is 1. The van der Waals surface area contributed by atoms with Crippen LogP contribution in [0.25, 0.3) is 0 Å². The summed E-state index contributed by atoms with van der Waals surface area (Å²) in [4.78, 5) is 13.0. The van der Waals surface area contributed by atoms with E-state index in [4.69, 9.17) is 9.29 Å². The van der Waals surface area contributed by atoms with Crippen molar-refractivity contribution in [3.05, 3.63) is 36.9 Å². The molecule has 0 aliphatic heterocycles. The second kappa shape index (κ2) is 19.8. The minimum absolute atomic E-state index is 0.00428. The van der Waals surface area contributed by atoms with Gasteiger partial charge in [-0.1, -0.05) is 70.1 Å². The number of esters is 1. The first-order chi connectivity index (χ1) is 16.1. The third kappa shape index (κ3) is 18.9. The number of unbranched alkanes of at least 4 members (excludes halogenated alkanes) is 6. The lowest BCUT2D eigenvalue weighted by Crippen LogP contribution is -3.03. The molecule has 0 fully saturated rings. The van der Waals surface area contributed by atoms with E-state index < -0.39 is 10.1 Å². The number of carbonyl (C=O) groups is 1. The fraction of sp³-hybridized carbons (Fsp3) is 0.704. The predicted octanol–water partition coefficient (Wildman–Crippen LogP) is 5.41. The predicted molar refractivity (Wildman–Crippen MR) is 139 cm³/mol. The lowest BCUT2D eigenvalue weighted by Gasteiger charge is -2.17. The van der Waals surface area contributed by atoms with Crippen molar-refractivity contribution >= 4 is 16.1 Å². The summed E-state index contributed by atoms with van der Waals surface area (Å²) in [6, 6.07) is 5.99. The van der Waals surface area contributed by atoms with Crippen LogP contribution in [0.1, 0.15) is 96.5 Å². The van der Waals surface area contributed by atoms with Gasteiger partial charge in [-0.15, -0.1) is 0 Å². The SMILES string of the molecule is Cc1ccc(S(=O)(=O)O)cc1.[CH2-][NH+](C)CCCCCC(=O)OCC(CCCC)CCCCCC. The molecule has 1 rings (SSSR count).